The number of benzene rings is 2. The SMILES string of the molecule is Cc1cccc(C#Cc2cccc(NC(=O)Cc3ccccc3)c2)n1. The van der Waals surface area contributed by atoms with Crippen LogP contribution in [0.1, 0.15) is 22.5 Å². The lowest BCUT2D eigenvalue weighted by molar-refractivity contribution is -0.115. The van der Waals surface area contributed by atoms with E-state index in [1.807, 2.05) is 79.7 Å². The molecule has 1 heterocycles. The highest BCUT2D eigenvalue weighted by Gasteiger charge is 2.04. The summed E-state index contributed by atoms with van der Waals surface area (Å²) in [4.78, 5) is 16.5. The van der Waals surface area contributed by atoms with Gasteiger partial charge in [0.15, 0.2) is 0 Å². The van der Waals surface area contributed by atoms with Crippen LogP contribution in [0.15, 0.2) is 72.8 Å². The Balaban J connectivity index is 1.68. The average Bonchev–Trinajstić information content (AvgIpc) is 2.61. The highest BCUT2D eigenvalue weighted by molar-refractivity contribution is 5.92. The van der Waals surface area contributed by atoms with E-state index < -0.39 is 0 Å². The zero-order valence-electron chi connectivity index (χ0n) is 14.0. The van der Waals surface area contributed by atoms with Crippen molar-refractivity contribution in [1.29, 1.82) is 0 Å². The monoisotopic (exact) mass is 326 g/mol. The standard InChI is InChI=1S/C22H18N2O/c1-17-7-5-11-20(23-17)14-13-19-10-6-12-21(15-19)24-22(25)16-18-8-3-2-4-9-18/h2-12,15H,16H2,1H3,(H,24,25). The van der Waals surface area contributed by atoms with E-state index in [4.69, 9.17) is 0 Å². The van der Waals surface area contributed by atoms with Crippen molar-refractivity contribution in [2.75, 3.05) is 5.32 Å². The number of rotatable bonds is 3. The molecular formula is C22H18N2O. The summed E-state index contributed by atoms with van der Waals surface area (Å²) in [6, 6.07) is 23.0. The van der Waals surface area contributed by atoms with Crippen molar-refractivity contribution < 1.29 is 4.79 Å². The van der Waals surface area contributed by atoms with Crippen molar-refractivity contribution in [3.8, 4) is 11.8 Å². The molecule has 2 aromatic carbocycles. The van der Waals surface area contributed by atoms with E-state index >= 15 is 0 Å². The Morgan fingerprint density at radius 3 is 2.56 bits per heavy atom. The van der Waals surface area contributed by atoms with Gasteiger partial charge in [0.05, 0.1) is 6.42 Å². The number of carbonyl (C=O) groups is 1. The molecule has 0 aliphatic carbocycles. The lowest BCUT2D eigenvalue weighted by Gasteiger charge is -2.05. The fraction of sp³-hybridized carbons (Fsp3) is 0.0909. The maximum absolute atomic E-state index is 12.2. The molecule has 3 rings (SSSR count). The number of anilines is 1. The molecule has 122 valence electrons. The van der Waals surface area contributed by atoms with Crippen molar-refractivity contribution in [1.82, 2.24) is 4.98 Å². The Kier molecular flexibility index (Phi) is 5.23. The maximum atomic E-state index is 12.2. The molecule has 0 radical (unpaired) electrons. The number of hydrogen-bond donors (Lipinski definition) is 1. The second-order valence-electron chi connectivity index (χ2n) is 5.71. The van der Waals surface area contributed by atoms with Crippen molar-refractivity contribution in [3.05, 3.63) is 95.3 Å². The molecular weight excluding hydrogens is 308 g/mol. The fourth-order valence-electron chi connectivity index (χ4n) is 2.41. The Morgan fingerprint density at radius 1 is 0.960 bits per heavy atom. The van der Waals surface area contributed by atoms with Gasteiger partial charge in [-0.15, -0.1) is 0 Å². The van der Waals surface area contributed by atoms with E-state index in [2.05, 4.69) is 22.1 Å². The first-order chi connectivity index (χ1) is 12.2. The number of hydrogen-bond acceptors (Lipinski definition) is 2. The smallest absolute Gasteiger partial charge is 0.228 e. The van der Waals surface area contributed by atoms with E-state index in [0.29, 0.717) is 6.42 Å². The van der Waals surface area contributed by atoms with Gasteiger partial charge in [0.1, 0.15) is 5.69 Å². The van der Waals surface area contributed by atoms with Crippen LogP contribution in [0, 0.1) is 18.8 Å². The minimum atomic E-state index is -0.0448. The highest BCUT2D eigenvalue weighted by Crippen LogP contribution is 2.11. The molecule has 1 amide bonds. The number of nitrogens with one attached hydrogen (secondary N) is 1. The van der Waals surface area contributed by atoms with Crippen LogP contribution in [-0.2, 0) is 11.2 Å². The zero-order valence-corrected chi connectivity index (χ0v) is 14.0. The number of pyridine rings is 1. The van der Waals surface area contributed by atoms with Crippen LogP contribution < -0.4 is 5.32 Å². The molecule has 0 aliphatic rings. The first kappa shape index (κ1) is 16.5. The topological polar surface area (TPSA) is 42.0 Å². The number of nitrogens with zero attached hydrogens (tertiary/aromatic N) is 1. The molecule has 0 saturated heterocycles. The largest absolute Gasteiger partial charge is 0.326 e. The summed E-state index contributed by atoms with van der Waals surface area (Å²) in [5.41, 5.74) is 4.24. The van der Waals surface area contributed by atoms with E-state index in [0.717, 1.165) is 28.2 Å². The summed E-state index contributed by atoms with van der Waals surface area (Å²) >= 11 is 0. The van der Waals surface area contributed by atoms with E-state index in [1.54, 1.807) is 0 Å². The average molecular weight is 326 g/mol. The van der Waals surface area contributed by atoms with Crippen LogP contribution >= 0.6 is 0 Å². The summed E-state index contributed by atoms with van der Waals surface area (Å²) in [5, 5.41) is 2.92. The van der Waals surface area contributed by atoms with Gasteiger partial charge in [-0.1, -0.05) is 48.4 Å². The van der Waals surface area contributed by atoms with E-state index in [9.17, 15) is 4.79 Å². The molecule has 1 N–H and O–H groups in total. The second kappa shape index (κ2) is 7.94. The summed E-state index contributed by atoms with van der Waals surface area (Å²) < 4.78 is 0. The third kappa shape index (κ3) is 5.05. The van der Waals surface area contributed by atoms with Crippen LogP contribution in [0.25, 0.3) is 0 Å². The van der Waals surface area contributed by atoms with E-state index in [-0.39, 0.29) is 5.91 Å². The molecule has 1 aromatic heterocycles. The third-order valence-corrected chi connectivity index (χ3v) is 3.58. The van der Waals surface area contributed by atoms with Crippen molar-refractivity contribution in [2.24, 2.45) is 0 Å². The molecule has 3 heteroatoms. The minimum absolute atomic E-state index is 0.0448. The van der Waals surface area contributed by atoms with Crippen LogP contribution in [-0.4, -0.2) is 10.9 Å². The molecule has 0 bridgehead atoms. The van der Waals surface area contributed by atoms with Crippen molar-refractivity contribution >= 4 is 11.6 Å². The Morgan fingerprint density at radius 2 is 1.76 bits per heavy atom. The van der Waals surface area contributed by atoms with Gasteiger partial charge in [0.2, 0.25) is 5.91 Å². The summed E-state index contributed by atoms with van der Waals surface area (Å²) in [5.74, 6) is 6.09. The molecule has 0 unspecified atom stereocenters. The normalized spacial score (nSPS) is 9.80. The van der Waals surface area contributed by atoms with Crippen LogP contribution in [0.5, 0.6) is 0 Å². The molecule has 0 fully saturated rings. The summed E-state index contributed by atoms with van der Waals surface area (Å²) in [6.07, 6.45) is 0.351. The van der Waals surface area contributed by atoms with Crippen molar-refractivity contribution in [3.63, 3.8) is 0 Å². The zero-order chi connectivity index (χ0) is 17.5. The Labute approximate surface area is 147 Å². The van der Waals surface area contributed by atoms with Crippen LogP contribution in [0.2, 0.25) is 0 Å². The molecule has 0 spiro atoms. The third-order valence-electron chi connectivity index (χ3n) is 3.58. The number of carbonyl (C=O) groups excluding carboxylic acids is 1. The molecule has 3 nitrogen and oxygen atoms in total. The van der Waals surface area contributed by atoms with Gasteiger partial charge in [0, 0.05) is 16.9 Å². The van der Waals surface area contributed by atoms with Gasteiger partial charge in [-0.3, -0.25) is 4.79 Å². The predicted molar refractivity (Wildman–Crippen MR) is 100 cm³/mol. The lowest BCUT2D eigenvalue weighted by atomic mass is 10.1. The number of aromatic nitrogens is 1. The quantitative estimate of drug-likeness (QED) is 0.740. The lowest BCUT2D eigenvalue weighted by Crippen LogP contribution is -2.14. The van der Waals surface area contributed by atoms with Gasteiger partial charge >= 0.3 is 0 Å². The van der Waals surface area contributed by atoms with Gasteiger partial charge in [-0.05, 0) is 48.7 Å². The Bertz CT molecular complexity index is 937. The molecule has 25 heavy (non-hydrogen) atoms. The number of amides is 1. The summed E-state index contributed by atoms with van der Waals surface area (Å²) in [7, 11) is 0. The first-order valence-electron chi connectivity index (χ1n) is 8.08. The molecule has 0 saturated carbocycles. The summed E-state index contributed by atoms with van der Waals surface area (Å²) in [6.45, 7) is 1.94. The predicted octanol–water partition coefficient (Wildman–Crippen LogP) is 3.97. The first-order valence-corrected chi connectivity index (χ1v) is 8.08. The fourth-order valence-corrected chi connectivity index (χ4v) is 2.41. The molecule has 3 aromatic rings. The van der Waals surface area contributed by atoms with Gasteiger partial charge < -0.3 is 5.32 Å². The Hall–Kier alpha value is -3.38. The van der Waals surface area contributed by atoms with E-state index in [1.165, 1.54) is 0 Å². The van der Waals surface area contributed by atoms with Crippen LogP contribution in [0.4, 0.5) is 5.69 Å². The van der Waals surface area contributed by atoms with Crippen molar-refractivity contribution in [2.45, 2.75) is 13.3 Å². The highest BCUT2D eigenvalue weighted by atomic mass is 16.1. The minimum Gasteiger partial charge on any atom is -0.326 e. The molecule has 0 aliphatic heterocycles. The van der Waals surface area contributed by atoms with Crippen LogP contribution in [0.3, 0.4) is 0 Å². The number of aryl methyl sites for hydroxylation is 1. The van der Waals surface area contributed by atoms with Gasteiger partial charge in [-0.25, -0.2) is 4.98 Å². The van der Waals surface area contributed by atoms with Gasteiger partial charge in [-0.2, -0.15) is 0 Å². The molecule has 0 atom stereocenters. The second-order valence-corrected chi connectivity index (χ2v) is 5.71. The van der Waals surface area contributed by atoms with Gasteiger partial charge in [0.25, 0.3) is 0 Å². The maximum Gasteiger partial charge on any atom is 0.228 e.